The molecule has 43 heteroatoms. The van der Waals surface area contributed by atoms with Crippen molar-refractivity contribution in [3.05, 3.63) is 156 Å². The highest BCUT2D eigenvalue weighted by Crippen LogP contribution is 2.36. The van der Waals surface area contributed by atoms with Crippen molar-refractivity contribution in [1.82, 2.24) is 92.3 Å². The number of aromatic nitrogens is 4. The first-order chi connectivity index (χ1) is 68.5. The highest BCUT2D eigenvalue weighted by Gasteiger charge is 2.47. The van der Waals surface area contributed by atoms with Crippen LogP contribution in [0.4, 0.5) is 0 Å². The molecule has 0 saturated carbocycles. The van der Waals surface area contributed by atoms with E-state index in [9.17, 15) is 53.7 Å². The molecule has 10 rings (SSSR count). The summed E-state index contributed by atoms with van der Waals surface area (Å²) >= 11 is 0.711. The van der Waals surface area contributed by atoms with Gasteiger partial charge in [-0.05, 0) is 150 Å². The summed E-state index contributed by atoms with van der Waals surface area (Å²) in [5.41, 5.74) is 21.6. The van der Waals surface area contributed by atoms with E-state index >= 15 is 47.9 Å². The van der Waals surface area contributed by atoms with Crippen LogP contribution >= 0.6 is 11.8 Å². The van der Waals surface area contributed by atoms with Crippen molar-refractivity contribution < 1.29 is 102 Å². The van der Waals surface area contributed by atoms with Gasteiger partial charge < -0.3 is 120 Å². The summed E-state index contributed by atoms with van der Waals surface area (Å²) in [6, 6.07) is 9.12. The summed E-state index contributed by atoms with van der Waals surface area (Å²) in [7, 11) is 3.90. The van der Waals surface area contributed by atoms with Crippen LogP contribution in [0.3, 0.4) is 0 Å². The van der Waals surface area contributed by atoms with Crippen molar-refractivity contribution in [3.63, 3.8) is 0 Å². The minimum absolute atomic E-state index is 0.00655. The lowest BCUT2D eigenvalue weighted by molar-refractivity contribution is -0.149. The van der Waals surface area contributed by atoms with Crippen LogP contribution in [0.5, 0.6) is 5.75 Å². The Morgan fingerprint density at radius 3 is 1.69 bits per heavy atom. The molecule has 3 aromatic heterocycles. The number of carbonyl (C=O) groups excluding carboxylic acids is 16. The van der Waals surface area contributed by atoms with Gasteiger partial charge in [0.2, 0.25) is 88.6 Å². The van der Waals surface area contributed by atoms with Crippen LogP contribution in [0.15, 0.2) is 128 Å². The fourth-order valence-corrected chi connectivity index (χ4v) is 19.2. The maximum Gasteiger partial charge on any atom is 0.305 e. The maximum atomic E-state index is 16.1. The number of phenolic OH excluding ortho intramolecular Hbond substituents is 1. The van der Waals surface area contributed by atoms with Gasteiger partial charge >= 0.3 is 11.9 Å². The lowest BCUT2D eigenvalue weighted by atomic mass is 9.88. The first-order valence-corrected chi connectivity index (χ1v) is 49.9. The Bertz CT molecular complexity index is 5610. The quantitative estimate of drug-likeness (QED) is 0.0276. The molecule has 4 aromatic carbocycles. The van der Waals surface area contributed by atoms with E-state index in [1.165, 1.54) is 74.7 Å². The zero-order valence-electron chi connectivity index (χ0n) is 81.5. The SMILES string of the molecule is CCCC[C@H]1C(=O)N(C)[C@@H](CCCC)C(=O)N[C@@H](CCC(=O)O)C(=O)N[C@H](C(=O)NCC(N)=O)CSCC(=O)N[C@@H](Cc2ccc(O)cc2)C(=O)N(C)[C@@H](C)C(=O)N[C@@H](CC(=O)O)C(=O)N2CCC[C@H]2C(=O)N[C@@H](Cc2c[nH]cn2)C(=O)N[C@@H](CCCCN)C(=O)N2CC(c3ccccc3)C[C@H]2C(=O)C[C@@H](Cc2c[nH]c3ccccc23)C(=O)N[C@@H](CCCCN)C(=O)N[C@@H](Cc2c[nH]c3ccccc23)C(=O)N1C. The number of hydrogen-bond acceptors (Lipinski definition) is 23. The molecule has 3 fully saturated rings. The number of carboxylic acid groups (broad SMARTS) is 2. The van der Waals surface area contributed by atoms with E-state index in [4.69, 9.17) is 17.2 Å². The average Bonchev–Trinajstić information content (AvgIpc) is 1.64. The van der Waals surface area contributed by atoms with Gasteiger partial charge in [-0.2, -0.15) is 0 Å². The number of para-hydroxylation sites is 2. The average molecular weight is 2000 g/mol. The number of carboxylic acids is 2. The van der Waals surface area contributed by atoms with Gasteiger partial charge in [0.25, 0.3) is 0 Å². The molecule has 0 bridgehead atoms. The standard InChI is InChI=1S/C100H135N21O21S/c1-7-9-31-79-94(136)111-72(38-39-86(126)127)92(134)116-78(90(132)107-53-84(103)124)55-143-56-85(125)109-75(43-59-34-36-66(122)37-35-59)96(138)117(4)58(3)88(130)114-77(49-87(128)129)99(141)120-42-22-33-80(120)95(137)113-74(48-65-52-104-57-108-65)93(135)112-73(30-19-21-41-102)98(140)121-54-64(60-23-12-11-13-24-60)46-82(121)83(123)47-61(44-62-50-105-69-27-16-14-25-67(62)69)89(131)110-71(29-18-20-40-101)91(133)115-76(45-63-51-106-70-28-17-15-26-68(63)70)97(139)119(6)81(32-10-8-2)100(142)118(79)5/h11-17,23-28,34-37,50-52,57-58,61,64,71-82,105-106,122H,7-10,18-22,29-33,38-49,53-56,101-102H2,1-6H3,(H2,103,124)(H,104,108)(H,107,132)(H,109,125)(H,110,131)(H,111,136)(H,112,135)(H,113,137)(H,114,130)(H,115,133)(H,116,134)(H,126,127)(H,128,129)/t58-,61+,64?,71-,72-,73-,74-,75-,76-,77-,78-,79-,80-,81-,82-/m0/s1. The number of rotatable bonds is 31. The minimum Gasteiger partial charge on any atom is -0.508 e. The molecule has 0 aliphatic carbocycles. The number of nitrogens with one attached hydrogen (secondary N) is 12. The van der Waals surface area contributed by atoms with Crippen LogP contribution in [0, 0.1) is 5.92 Å². The van der Waals surface area contributed by atoms with E-state index in [1.807, 2.05) is 74.5 Å². The maximum absolute atomic E-state index is 16.1. The van der Waals surface area contributed by atoms with E-state index in [0.29, 0.717) is 82.4 Å². The van der Waals surface area contributed by atoms with Crippen LogP contribution in [-0.2, 0) is 112 Å². The van der Waals surface area contributed by atoms with Gasteiger partial charge in [0.15, 0.2) is 5.78 Å². The van der Waals surface area contributed by atoms with Gasteiger partial charge in [-0.15, -0.1) is 11.8 Å². The number of likely N-dealkylation sites (N-methyl/N-ethyl adjacent to an activating group) is 3. The second-order valence-electron chi connectivity index (χ2n) is 36.9. The van der Waals surface area contributed by atoms with Gasteiger partial charge in [-0.1, -0.05) is 118 Å². The molecule has 42 nitrogen and oxygen atoms in total. The highest BCUT2D eigenvalue weighted by atomic mass is 32.2. The number of aromatic amines is 3. The molecule has 15 amide bonds. The molecule has 6 heterocycles. The molecule has 15 atom stereocenters. The normalized spacial score (nSPS) is 24.1. The summed E-state index contributed by atoms with van der Waals surface area (Å²) in [5, 5.41) is 56.2. The third-order valence-corrected chi connectivity index (χ3v) is 27.6. The Morgan fingerprint density at radius 2 is 1.06 bits per heavy atom. The Labute approximate surface area is 832 Å². The summed E-state index contributed by atoms with van der Waals surface area (Å²) in [4.78, 5) is 286. The van der Waals surface area contributed by atoms with E-state index < -0.39 is 240 Å². The number of imidazole rings is 1. The van der Waals surface area contributed by atoms with Crippen LogP contribution < -0.4 is 65.1 Å². The molecule has 0 radical (unpaired) electrons. The minimum atomic E-state index is -1.91. The number of carbonyl (C=O) groups is 18. The number of Topliss-reactive ketones (excluding diaryl/α,β-unsaturated/α-hetero) is 1. The van der Waals surface area contributed by atoms with Crippen molar-refractivity contribution in [2.24, 2.45) is 23.1 Å². The third kappa shape index (κ3) is 31.2. The van der Waals surface area contributed by atoms with Crippen LogP contribution in [0.25, 0.3) is 21.8 Å². The fraction of sp³-hybridized carbons (Fsp3) is 0.510. The Balaban J connectivity index is 1.06. The number of aliphatic carboxylic acids is 2. The van der Waals surface area contributed by atoms with Crippen LogP contribution in [0.2, 0.25) is 0 Å². The number of H-pyrrole nitrogens is 3. The summed E-state index contributed by atoms with van der Waals surface area (Å²) < 4.78 is 0. The molecule has 772 valence electrons. The summed E-state index contributed by atoms with van der Waals surface area (Å²) in [6.07, 6.45) is 5.09. The van der Waals surface area contributed by atoms with E-state index in [-0.39, 0.29) is 128 Å². The largest absolute Gasteiger partial charge is 0.508 e. The highest BCUT2D eigenvalue weighted by molar-refractivity contribution is 8.00. The number of primary amides is 1. The zero-order chi connectivity index (χ0) is 104. The predicted molar refractivity (Wildman–Crippen MR) is 530 cm³/mol. The van der Waals surface area contributed by atoms with Gasteiger partial charge in [0.05, 0.1) is 36.8 Å². The number of nitrogens with two attached hydrogens (primary N) is 3. The Morgan fingerprint density at radius 1 is 0.510 bits per heavy atom. The van der Waals surface area contributed by atoms with Gasteiger partial charge in [-0.25, -0.2) is 4.98 Å². The van der Waals surface area contributed by atoms with Crippen LogP contribution in [-0.4, -0.2) is 310 Å². The fourth-order valence-electron chi connectivity index (χ4n) is 18.4. The topological polar surface area (TPSA) is 631 Å². The zero-order valence-corrected chi connectivity index (χ0v) is 82.3. The van der Waals surface area contributed by atoms with Gasteiger partial charge in [-0.3, -0.25) is 86.3 Å². The van der Waals surface area contributed by atoms with Crippen molar-refractivity contribution in [2.45, 2.75) is 253 Å². The number of nitrogens with zero attached hydrogens (tertiary/aromatic N) is 6. The molecule has 3 aliphatic rings. The first kappa shape index (κ1) is 111. The molecule has 3 saturated heterocycles. The second kappa shape index (κ2) is 54.2. The molecule has 1 unspecified atom stereocenters. The number of fused-ring (bicyclic) bond motifs is 4. The molecule has 0 spiro atoms. The number of phenols is 1. The van der Waals surface area contributed by atoms with Gasteiger partial charge in [0, 0.05) is 124 Å². The molecular formula is C100H135N21O21S. The number of amides is 15. The Kier molecular flexibility index (Phi) is 42.0. The number of ketones is 1. The summed E-state index contributed by atoms with van der Waals surface area (Å²) in [5.74, 6) is -20.4. The smallest absolute Gasteiger partial charge is 0.305 e. The molecule has 7 aromatic rings. The molecule has 3 aliphatic heterocycles. The third-order valence-electron chi connectivity index (χ3n) is 26.5. The van der Waals surface area contributed by atoms with Crippen LogP contribution in [0.1, 0.15) is 177 Å². The molecule has 143 heavy (non-hydrogen) atoms. The van der Waals surface area contributed by atoms with Crippen molar-refractivity contribution in [1.29, 1.82) is 0 Å². The van der Waals surface area contributed by atoms with Crippen molar-refractivity contribution in [3.8, 4) is 5.75 Å². The first-order valence-electron chi connectivity index (χ1n) is 48.7. The predicted octanol–water partition coefficient (Wildman–Crippen LogP) is 2.01. The number of benzene rings is 4. The number of hydrogen-bond donors (Lipinski definition) is 18. The second-order valence-corrected chi connectivity index (χ2v) is 37.9. The lowest BCUT2D eigenvalue weighted by Crippen LogP contribution is -2.60. The number of aromatic hydroxyl groups is 1. The monoisotopic (exact) mass is 2000 g/mol. The lowest BCUT2D eigenvalue weighted by Gasteiger charge is -2.36. The molecule has 21 N–H and O–H groups in total. The van der Waals surface area contributed by atoms with E-state index in [0.717, 1.165) is 20.3 Å². The van der Waals surface area contributed by atoms with E-state index in [2.05, 4.69) is 67.8 Å². The number of thioether (sulfide) groups is 1. The van der Waals surface area contributed by atoms with Crippen molar-refractivity contribution in [2.75, 3.05) is 65.4 Å². The van der Waals surface area contributed by atoms with E-state index in [1.54, 1.807) is 30.6 Å². The number of unbranched alkanes of at least 4 members (excludes halogenated alkanes) is 4. The van der Waals surface area contributed by atoms with Gasteiger partial charge in [0.1, 0.15) is 78.3 Å². The molecular weight excluding hydrogens is 1860 g/mol. The summed E-state index contributed by atoms with van der Waals surface area (Å²) in [6.45, 7) is 4.27. The Hall–Kier alpha value is -14.1. The van der Waals surface area contributed by atoms with Crippen molar-refractivity contribution >= 4 is 140 Å².